The number of rotatable bonds is 2. The Bertz CT molecular complexity index is 326. The molecule has 1 heterocycles. The molecule has 0 aliphatic rings. The fourth-order valence-electron chi connectivity index (χ4n) is 1.30. The number of nitrogens with two attached hydrogens (primary N) is 1. The zero-order valence-electron chi connectivity index (χ0n) is 8.28. The molecule has 1 aromatic rings. The molecule has 3 nitrogen and oxygen atoms in total. The molecular formula is C10H15N3. The van der Waals surface area contributed by atoms with Crippen LogP contribution in [0.4, 0.5) is 0 Å². The van der Waals surface area contributed by atoms with Gasteiger partial charge in [0.1, 0.15) is 5.82 Å². The second-order valence-electron chi connectivity index (χ2n) is 2.95. The molecule has 0 atom stereocenters. The van der Waals surface area contributed by atoms with Gasteiger partial charge in [0.15, 0.2) is 0 Å². The van der Waals surface area contributed by atoms with Crippen LogP contribution in [0.3, 0.4) is 0 Å². The molecule has 0 radical (unpaired) electrons. The number of allylic oxidation sites excluding steroid dienone is 1. The van der Waals surface area contributed by atoms with E-state index < -0.39 is 0 Å². The molecule has 0 bridgehead atoms. The summed E-state index contributed by atoms with van der Waals surface area (Å²) in [5, 5.41) is 0. The van der Waals surface area contributed by atoms with E-state index in [2.05, 4.69) is 4.99 Å². The van der Waals surface area contributed by atoms with Crippen LogP contribution in [-0.2, 0) is 0 Å². The highest BCUT2D eigenvalue weighted by molar-refractivity contribution is 5.78. The Balaban J connectivity index is 3.07. The van der Waals surface area contributed by atoms with E-state index in [9.17, 15) is 0 Å². The number of hydrogen-bond acceptors (Lipinski definition) is 2. The zero-order valence-corrected chi connectivity index (χ0v) is 8.28. The molecule has 1 rings (SSSR count). The number of aliphatic imine (C=N–C) groups is 1. The summed E-state index contributed by atoms with van der Waals surface area (Å²) in [6.07, 6.45) is 3.48. The molecule has 0 spiro atoms. The van der Waals surface area contributed by atoms with Gasteiger partial charge < -0.3 is 10.3 Å². The lowest BCUT2D eigenvalue weighted by molar-refractivity contribution is 0.972. The molecule has 13 heavy (non-hydrogen) atoms. The van der Waals surface area contributed by atoms with Crippen LogP contribution in [0.15, 0.2) is 23.2 Å². The highest BCUT2D eigenvalue weighted by Crippen LogP contribution is 2.10. The summed E-state index contributed by atoms with van der Waals surface area (Å²) in [7, 11) is 1.72. The monoisotopic (exact) mass is 177 g/mol. The van der Waals surface area contributed by atoms with Gasteiger partial charge in [0.05, 0.1) is 0 Å². The highest BCUT2D eigenvalue weighted by Gasteiger charge is 2.01. The zero-order chi connectivity index (χ0) is 9.84. The Kier molecular flexibility index (Phi) is 2.90. The van der Waals surface area contributed by atoms with Crippen molar-refractivity contribution in [1.82, 2.24) is 4.57 Å². The van der Waals surface area contributed by atoms with Gasteiger partial charge in [-0.3, -0.25) is 4.99 Å². The van der Waals surface area contributed by atoms with Crippen molar-refractivity contribution < 1.29 is 0 Å². The van der Waals surface area contributed by atoms with Gasteiger partial charge in [0, 0.05) is 24.7 Å². The van der Waals surface area contributed by atoms with Gasteiger partial charge in [-0.1, -0.05) is 0 Å². The molecule has 1 aromatic heterocycles. The Morgan fingerprint density at radius 2 is 1.92 bits per heavy atom. The van der Waals surface area contributed by atoms with Crippen LogP contribution in [0.5, 0.6) is 0 Å². The first-order valence-electron chi connectivity index (χ1n) is 4.20. The number of aromatic nitrogens is 1. The van der Waals surface area contributed by atoms with Crippen LogP contribution in [0.25, 0.3) is 5.82 Å². The first-order valence-corrected chi connectivity index (χ1v) is 4.20. The van der Waals surface area contributed by atoms with Crippen molar-refractivity contribution in [3.8, 4) is 0 Å². The summed E-state index contributed by atoms with van der Waals surface area (Å²) < 4.78 is 1.99. The average Bonchev–Trinajstić information content (AvgIpc) is 2.42. The molecule has 70 valence electrons. The largest absolute Gasteiger partial charge is 0.385 e. The van der Waals surface area contributed by atoms with Gasteiger partial charge in [-0.2, -0.15) is 0 Å². The summed E-state index contributed by atoms with van der Waals surface area (Å²) in [5.41, 5.74) is 8.13. The molecule has 0 aliphatic carbocycles. The standard InChI is InChI=1S/C10H15N3/c1-8-4-5-9(2)13(8)10(11)6-7-12-3/h4-7H,11H2,1-3H3/b10-6+,12-7?. The molecule has 0 unspecified atom stereocenters. The minimum Gasteiger partial charge on any atom is -0.385 e. The minimum absolute atomic E-state index is 0.700. The normalized spacial score (nSPS) is 12.7. The van der Waals surface area contributed by atoms with Crippen molar-refractivity contribution in [2.45, 2.75) is 13.8 Å². The Morgan fingerprint density at radius 3 is 2.38 bits per heavy atom. The smallest absolute Gasteiger partial charge is 0.109 e. The highest BCUT2D eigenvalue weighted by atomic mass is 15.1. The molecule has 2 N–H and O–H groups in total. The lowest BCUT2D eigenvalue weighted by Crippen LogP contribution is -2.09. The van der Waals surface area contributed by atoms with Gasteiger partial charge >= 0.3 is 0 Å². The topological polar surface area (TPSA) is 43.3 Å². The summed E-state index contributed by atoms with van der Waals surface area (Å²) in [4.78, 5) is 3.85. The molecule has 0 saturated carbocycles. The van der Waals surface area contributed by atoms with Crippen molar-refractivity contribution in [3.05, 3.63) is 29.6 Å². The molecule has 0 amide bonds. The van der Waals surface area contributed by atoms with E-state index in [-0.39, 0.29) is 0 Å². The van der Waals surface area contributed by atoms with Crippen LogP contribution < -0.4 is 5.73 Å². The second-order valence-corrected chi connectivity index (χ2v) is 2.95. The van der Waals surface area contributed by atoms with E-state index in [1.165, 1.54) is 0 Å². The van der Waals surface area contributed by atoms with Crippen molar-refractivity contribution in [2.24, 2.45) is 10.7 Å². The van der Waals surface area contributed by atoms with Gasteiger partial charge in [0.25, 0.3) is 0 Å². The van der Waals surface area contributed by atoms with E-state index in [0.717, 1.165) is 11.4 Å². The molecule has 0 aromatic carbocycles. The van der Waals surface area contributed by atoms with Crippen LogP contribution in [0.1, 0.15) is 11.4 Å². The lowest BCUT2D eigenvalue weighted by Gasteiger charge is -2.07. The third kappa shape index (κ3) is 1.99. The first kappa shape index (κ1) is 9.58. The van der Waals surface area contributed by atoms with E-state index in [1.54, 1.807) is 19.3 Å². The second kappa shape index (κ2) is 3.94. The minimum atomic E-state index is 0.700. The lowest BCUT2D eigenvalue weighted by atomic mass is 10.5. The van der Waals surface area contributed by atoms with Crippen LogP contribution >= 0.6 is 0 Å². The Morgan fingerprint density at radius 1 is 1.38 bits per heavy atom. The number of aryl methyl sites for hydroxylation is 2. The van der Waals surface area contributed by atoms with Crippen molar-refractivity contribution >= 4 is 12.0 Å². The van der Waals surface area contributed by atoms with Crippen LogP contribution in [0, 0.1) is 13.8 Å². The maximum Gasteiger partial charge on any atom is 0.109 e. The third-order valence-corrected chi connectivity index (χ3v) is 1.92. The average molecular weight is 177 g/mol. The summed E-state index contributed by atoms with van der Waals surface area (Å²) in [6.45, 7) is 4.05. The van der Waals surface area contributed by atoms with Gasteiger partial charge in [-0.15, -0.1) is 0 Å². The van der Waals surface area contributed by atoms with Crippen molar-refractivity contribution in [2.75, 3.05) is 7.05 Å². The predicted molar refractivity (Wildman–Crippen MR) is 56.8 cm³/mol. The van der Waals surface area contributed by atoms with Crippen molar-refractivity contribution in [1.29, 1.82) is 0 Å². The van der Waals surface area contributed by atoms with Crippen molar-refractivity contribution in [3.63, 3.8) is 0 Å². The fraction of sp³-hybridized carbons (Fsp3) is 0.300. The SMILES string of the molecule is CN=C/C=C(\N)n1c(C)ccc1C. The summed E-state index contributed by atoms with van der Waals surface area (Å²) in [6, 6.07) is 4.08. The quantitative estimate of drug-likeness (QED) is 0.684. The fourth-order valence-corrected chi connectivity index (χ4v) is 1.30. The summed E-state index contributed by atoms with van der Waals surface area (Å²) >= 11 is 0. The molecule has 0 aliphatic heterocycles. The van der Waals surface area contributed by atoms with Gasteiger partial charge in [-0.25, -0.2) is 0 Å². The van der Waals surface area contributed by atoms with Gasteiger partial charge in [-0.05, 0) is 32.1 Å². The number of hydrogen-bond donors (Lipinski definition) is 1. The Labute approximate surface area is 78.6 Å². The van der Waals surface area contributed by atoms with E-state index in [0.29, 0.717) is 5.82 Å². The van der Waals surface area contributed by atoms with Gasteiger partial charge in [0.2, 0.25) is 0 Å². The molecule has 0 fully saturated rings. The van der Waals surface area contributed by atoms with Crippen LogP contribution in [-0.4, -0.2) is 17.8 Å². The first-order chi connectivity index (χ1) is 6.16. The maximum atomic E-state index is 5.86. The molecule has 3 heteroatoms. The molecule has 0 saturated heterocycles. The van der Waals surface area contributed by atoms with Crippen LogP contribution in [0.2, 0.25) is 0 Å². The third-order valence-electron chi connectivity index (χ3n) is 1.92. The maximum absolute atomic E-state index is 5.86. The van der Waals surface area contributed by atoms with E-state index >= 15 is 0 Å². The Hall–Kier alpha value is -1.51. The van der Waals surface area contributed by atoms with E-state index in [4.69, 9.17) is 5.73 Å². The predicted octanol–water partition coefficient (Wildman–Crippen LogP) is 1.56. The summed E-state index contributed by atoms with van der Waals surface area (Å²) in [5.74, 6) is 0.700. The number of nitrogens with zero attached hydrogens (tertiary/aromatic N) is 2. The van der Waals surface area contributed by atoms with E-state index in [1.807, 2.05) is 30.5 Å². The molecular weight excluding hydrogens is 162 g/mol.